The Kier molecular flexibility index (Phi) is 19.1. The van der Waals surface area contributed by atoms with Crippen molar-refractivity contribution in [1.29, 1.82) is 0 Å². The van der Waals surface area contributed by atoms with E-state index in [1.807, 2.05) is 0 Å². The third-order valence-corrected chi connectivity index (χ3v) is 6.14. The largest absolute Gasteiger partial charge is 0.393 e. The minimum Gasteiger partial charge on any atom is -0.393 e. The van der Waals surface area contributed by atoms with Gasteiger partial charge in [0.05, 0.1) is 11.9 Å². The second kappa shape index (κ2) is 19.2. The molecule has 1 unspecified atom stereocenters. The molecule has 164 valence electrons. The highest BCUT2D eigenvalue weighted by molar-refractivity contribution is 7.85. The number of hydrogen-bond acceptors (Lipinski definition) is 3. The fourth-order valence-electron chi connectivity index (χ4n) is 3.56. The van der Waals surface area contributed by atoms with Gasteiger partial charge in [-0.25, -0.2) is 0 Å². The molecule has 5 heteroatoms. The molecular formula is C22H46O4S. The van der Waals surface area contributed by atoms with Crippen LogP contribution in [0.2, 0.25) is 0 Å². The highest BCUT2D eigenvalue weighted by Gasteiger charge is 2.04. The normalized spacial score (nSPS) is 13.1. The van der Waals surface area contributed by atoms with Crippen LogP contribution in [0.25, 0.3) is 0 Å². The van der Waals surface area contributed by atoms with Gasteiger partial charge < -0.3 is 5.11 Å². The van der Waals surface area contributed by atoms with Crippen molar-refractivity contribution < 1.29 is 18.1 Å². The molecule has 0 spiro atoms. The minimum atomic E-state index is -3.77. The van der Waals surface area contributed by atoms with Gasteiger partial charge in [0.25, 0.3) is 10.1 Å². The van der Waals surface area contributed by atoms with E-state index in [2.05, 4.69) is 6.92 Å². The summed E-state index contributed by atoms with van der Waals surface area (Å²) in [4.78, 5) is 0. The van der Waals surface area contributed by atoms with E-state index in [1.165, 1.54) is 77.0 Å². The molecule has 0 aliphatic carbocycles. The summed E-state index contributed by atoms with van der Waals surface area (Å²) in [6.07, 6.45) is 22.0. The Morgan fingerprint density at radius 2 is 0.926 bits per heavy atom. The van der Waals surface area contributed by atoms with Crippen molar-refractivity contribution in [2.75, 3.05) is 5.75 Å². The van der Waals surface area contributed by atoms with Gasteiger partial charge in [0.2, 0.25) is 0 Å². The minimum absolute atomic E-state index is 0.0941. The highest BCUT2D eigenvalue weighted by atomic mass is 32.2. The molecule has 0 fully saturated rings. The van der Waals surface area contributed by atoms with Crippen LogP contribution in [-0.2, 0) is 10.1 Å². The van der Waals surface area contributed by atoms with Crippen LogP contribution in [0.3, 0.4) is 0 Å². The maximum absolute atomic E-state index is 10.6. The first kappa shape index (κ1) is 26.9. The molecule has 0 bridgehead atoms. The zero-order valence-electron chi connectivity index (χ0n) is 17.8. The van der Waals surface area contributed by atoms with E-state index in [-0.39, 0.29) is 11.9 Å². The average molecular weight is 407 g/mol. The average Bonchev–Trinajstić information content (AvgIpc) is 2.61. The van der Waals surface area contributed by atoms with E-state index in [9.17, 15) is 13.5 Å². The Labute approximate surface area is 169 Å². The van der Waals surface area contributed by atoms with Gasteiger partial charge >= 0.3 is 0 Å². The monoisotopic (exact) mass is 406 g/mol. The zero-order valence-corrected chi connectivity index (χ0v) is 18.7. The summed E-state index contributed by atoms with van der Waals surface area (Å²) in [6.45, 7) is 2.25. The molecule has 4 nitrogen and oxygen atoms in total. The summed E-state index contributed by atoms with van der Waals surface area (Å²) in [5.74, 6) is -0.0994. The zero-order chi connectivity index (χ0) is 20.2. The maximum atomic E-state index is 10.6. The van der Waals surface area contributed by atoms with Gasteiger partial charge in [-0.1, -0.05) is 110 Å². The molecule has 2 N–H and O–H groups in total. The van der Waals surface area contributed by atoms with E-state index >= 15 is 0 Å². The first-order chi connectivity index (χ1) is 13.0. The van der Waals surface area contributed by atoms with Crippen LogP contribution < -0.4 is 0 Å². The molecular weight excluding hydrogens is 360 g/mol. The van der Waals surface area contributed by atoms with Crippen molar-refractivity contribution in [1.82, 2.24) is 0 Å². The molecule has 0 rings (SSSR count). The smallest absolute Gasteiger partial charge is 0.264 e. The molecule has 0 amide bonds. The number of aliphatic hydroxyl groups excluding tert-OH is 1. The number of unbranched alkanes of at least 4 members (excludes halogenated alkanes) is 15. The Bertz CT molecular complexity index is 395. The molecule has 0 radical (unpaired) electrons. The second-order valence-electron chi connectivity index (χ2n) is 8.17. The fourth-order valence-corrected chi connectivity index (χ4v) is 4.13. The number of hydrogen-bond donors (Lipinski definition) is 2. The lowest BCUT2D eigenvalue weighted by molar-refractivity contribution is 0.147. The van der Waals surface area contributed by atoms with Crippen LogP contribution in [0.4, 0.5) is 0 Å². The van der Waals surface area contributed by atoms with Gasteiger partial charge in [0.1, 0.15) is 0 Å². The van der Waals surface area contributed by atoms with E-state index < -0.39 is 10.1 Å². The Hall–Kier alpha value is -0.130. The number of aliphatic hydroxyl groups is 1. The lowest BCUT2D eigenvalue weighted by atomic mass is 10.0. The fraction of sp³-hybridized carbons (Fsp3) is 1.00. The maximum Gasteiger partial charge on any atom is 0.264 e. The summed E-state index contributed by atoms with van der Waals surface area (Å²) in [5.41, 5.74) is 0. The standard InChI is InChI=1S/C22H46O4S/c1-2-3-4-5-10-13-16-19-22(23)20-17-14-11-8-6-7-9-12-15-18-21-27(24,25)26/h22-23H,2-21H2,1H3,(H,24,25,26). The van der Waals surface area contributed by atoms with Crippen LogP contribution in [0, 0.1) is 0 Å². The summed E-state index contributed by atoms with van der Waals surface area (Å²) >= 11 is 0. The van der Waals surface area contributed by atoms with Gasteiger partial charge in [0.15, 0.2) is 0 Å². The first-order valence-electron chi connectivity index (χ1n) is 11.6. The molecule has 0 aromatic carbocycles. The van der Waals surface area contributed by atoms with Crippen molar-refractivity contribution in [3.05, 3.63) is 0 Å². The lowest BCUT2D eigenvalue weighted by Crippen LogP contribution is -2.05. The molecule has 0 saturated heterocycles. The van der Waals surface area contributed by atoms with Gasteiger partial charge in [-0.2, -0.15) is 8.42 Å². The second-order valence-corrected chi connectivity index (χ2v) is 9.75. The van der Waals surface area contributed by atoms with Crippen LogP contribution in [0.5, 0.6) is 0 Å². The third-order valence-electron chi connectivity index (χ3n) is 5.33. The van der Waals surface area contributed by atoms with Crippen LogP contribution in [0.1, 0.15) is 129 Å². The summed E-state index contributed by atoms with van der Waals surface area (Å²) in [5, 5.41) is 10.0. The predicted molar refractivity (Wildman–Crippen MR) is 116 cm³/mol. The first-order valence-corrected chi connectivity index (χ1v) is 13.2. The molecule has 27 heavy (non-hydrogen) atoms. The summed E-state index contributed by atoms with van der Waals surface area (Å²) in [7, 11) is -3.77. The highest BCUT2D eigenvalue weighted by Crippen LogP contribution is 2.15. The van der Waals surface area contributed by atoms with Crippen LogP contribution >= 0.6 is 0 Å². The van der Waals surface area contributed by atoms with Crippen molar-refractivity contribution in [2.45, 2.75) is 135 Å². The van der Waals surface area contributed by atoms with Crippen LogP contribution in [-0.4, -0.2) is 29.9 Å². The number of rotatable bonds is 21. The SMILES string of the molecule is CCCCCCCCCC(O)CCCCCCCCCCCCS(=O)(=O)O. The molecule has 1 atom stereocenters. The Morgan fingerprint density at radius 1 is 0.593 bits per heavy atom. The quantitative estimate of drug-likeness (QED) is 0.165. The topological polar surface area (TPSA) is 74.6 Å². The molecule has 0 saturated carbocycles. The van der Waals surface area contributed by atoms with E-state index in [1.54, 1.807) is 0 Å². The van der Waals surface area contributed by atoms with Gasteiger partial charge in [0, 0.05) is 0 Å². The Morgan fingerprint density at radius 3 is 1.30 bits per heavy atom. The van der Waals surface area contributed by atoms with Crippen molar-refractivity contribution >= 4 is 10.1 Å². The lowest BCUT2D eigenvalue weighted by Gasteiger charge is -2.10. The molecule has 0 aliphatic rings. The molecule has 0 aliphatic heterocycles. The van der Waals surface area contributed by atoms with Crippen LogP contribution in [0.15, 0.2) is 0 Å². The van der Waals surface area contributed by atoms with Gasteiger partial charge in [-0.3, -0.25) is 4.55 Å². The third kappa shape index (κ3) is 23.8. The van der Waals surface area contributed by atoms with E-state index in [0.717, 1.165) is 38.5 Å². The summed E-state index contributed by atoms with van der Waals surface area (Å²) < 4.78 is 29.8. The van der Waals surface area contributed by atoms with Gasteiger partial charge in [-0.05, 0) is 19.3 Å². The molecule has 0 heterocycles. The van der Waals surface area contributed by atoms with Gasteiger partial charge in [-0.15, -0.1) is 0 Å². The van der Waals surface area contributed by atoms with Crippen molar-refractivity contribution in [2.24, 2.45) is 0 Å². The molecule has 0 aromatic rings. The van der Waals surface area contributed by atoms with E-state index in [0.29, 0.717) is 6.42 Å². The summed E-state index contributed by atoms with van der Waals surface area (Å²) in [6, 6.07) is 0. The molecule has 0 aromatic heterocycles. The van der Waals surface area contributed by atoms with Crippen molar-refractivity contribution in [3.8, 4) is 0 Å². The van der Waals surface area contributed by atoms with Crippen molar-refractivity contribution in [3.63, 3.8) is 0 Å². The predicted octanol–water partition coefficient (Wildman–Crippen LogP) is 6.67. The van der Waals surface area contributed by atoms with E-state index in [4.69, 9.17) is 4.55 Å². The Balaban J connectivity index is 3.19.